The normalized spacial score (nSPS) is 22.9. The summed E-state index contributed by atoms with van der Waals surface area (Å²) in [6.07, 6.45) is 5.32. The third-order valence-electron chi connectivity index (χ3n) is 5.30. The van der Waals surface area contributed by atoms with Crippen LogP contribution in [-0.2, 0) is 14.4 Å². The van der Waals surface area contributed by atoms with E-state index < -0.39 is 11.9 Å². The van der Waals surface area contributed by atoms with Crippen molar-refractivity contribution in [2.24, 2.45) is 17.8 Å². The molecule has 1 aromatic rings. The van der Waals surface area contributed by atoms with Gasteiger partial charge in [-0.25, -0.2) is 4.39 Å². The maximum Gasteiger partial charge on any atom is 0.247 e. The second-order valence-corrected chi connectivity index (χ2v) is 7.80. The van der Waals surface area contributed by atoms with Gasteiger partial charge in [-0.2, -0.15) is 0 Å². The number of carbonyl (C=O) groups is 3. The van der Waals surface area contributed by atoms with Gasteiger partial charge in [-0.15, -0.1) is 0 Å². The monoisotopic (exact) mass is 372 g/mol. The summed E-state index contributed by atoms with van der Waals surface area (Å²) >= 11 is 0. The van der Waals surface area contributed by atoms with Gasteiger partial charge in [0, 0.05) is 5.69 Å². The van der Waals surface area contributed by atoms with Gasteiger partial charge in [-0.3, -0.25) is 19.3 Å². The van der Waals surface area contributed by atoms with Gasteiger partial charge < -0.3 is 5.32 Å². The largest absolute Gasteiger partial charge is 0.324 e. The van der Waals surface area contributed by atoms with Gasteiger partial charge in [-0.05, 0) is 55.9 Å². The minimum absolute atomic E-state index is 0.122. The maximum absolute atomic E-state index is 13.3. The lowest BCUT2D eigenvalue weighted by atomic mass is 9.85. The number of rotatable bonds is 5. The van der Waals surface area contributed by atoms with Crippen LogP contribution in [0.15, 0.2) is 30.4 Å². The molecule has 1 saturated heterocycles. The molecule has 3 unspecified atom stereocenters. The van der Waals surface area contributed by atoms with E-state index in [0.29, 0.717) is 30.5 Å². The van der Waals surface area contributed by atoms with Crippen LogP contribution in [0.2, 0.25) is 0 Å². The number of imide groups is 1. The molecule has 5 nitrogen and oxygen atoms in total. The predicted molar refractivity (Wildman–Crippen MR) is 100 cm³/mol. The lowest BCUT2D eigenvalue weighted by Gasteiger charge is -2.27. The van der Waals surface area contributed by atoms with Gasteiger partial charge in [0.15, 0.2) is 0 Å². The fourth-order valence-corrected chi connectivity index (χ4v) is 3.89. The van der Waals surface area contributed by atoms with Crippen LogP contribution >= 0.6 is 0 Å². The molecule has 3 atom stereocenters. The minimum Gasteiger partial charge on any atom is -0.324 e. The second kappa shape index (κ2) is 7.62. The molecule has 0 aromatic heterocycles. The highest BCUT2D eigenvalue weighted by Gasteiger charge is 2.51. The average Bonchev–Trinajstić information content (AvgIpc) is 2.86. The number of halogens is 1. The Labute approximate surface area is 158 Å². The molecule has 1 heterocycles. The second-order valence-electron chi connectivity index (χ2n) is 7.80. The third kappa shape index (κ3) is 3.80. The van der Waals surface area contributed by atoms with Crippen LogP contribution in [0.3, 0.4) is 0 Å². The Morgan fingerprint density at radius 1 is 1.19 bits per heavy atom. The number of benzene rings is 1. The summed E-state index contributed by atoms with van der Waals surface area (Å²) in [7, 11) is 0. The Morgan fingerprint density at radius 2 is 1.78 bits per heavy atom. The molecule has 27 heavy (non-hydrogen) atoms. The fraction of sp³-hybridized carbons (Fsp3) is 0.476. The molecule has 1 fully saturated rings. The first-order valence-electron chi connectivity index (χ1n) is 9.38. The molecule has 6 heteroatoms. The number of allylic oxidation sites excluding steroid dienone is 2. The number of anilines is 1. The number of nitrogens with one attached hydrogen (secondary N) is 1. The van der Waals surface area contributed by atoms with E-state index in [1.807, 2.05) is 26.0 Å². The Morgan fingerprint density at radius 3 is 2.30 bits per heavy atom. The van der Waals surface area contributed by atoms with Crippen molar-refractivity contribution in [2.45, 2.75) is 46.1 Å². The first-order valence-corrected chi connectivity index (χ1v) is 9.38. The molecule has 0 saturated carbocycles. The van der Waals surface area contributed by atoms with Gasteiger partial charge in [-0.1, -0.05) is 26.0 Å². The lowest BCUT2D eigenvalue weighted by Crippen LogP contribution is -2.48. The summed E-state index contributed by atoms with van der Waals surface area (Å²) in [5, 5.41) is 2.77. The van der Waals surface area contributed by atoms with E-state index in [0.717, 1.165) is 0 Å². The molecule has 3 amide bonds. The van der Waals surface area contributed by atoms with Gasteiger partial charge in [0.2, 0.25) is 17.7 Å². The molecule has 144 valence electrons. The number of fused-ring (bicyclic) bond motifs is 1. The van der Waals surface area contributed by atoms with Crippen LogP contribution in [0, 0.1) is 30.5 Å². The SMILES string of the molecule is Cc1cc(F)ccc1NC(=O)C(CC(C)C)N1C(=O)C2CC=CCC2C1=O. The van der Waals surface area contributed by atoms with Crippen molar-refractivity contribution in [1.29, 1.82) is 0 Å². The average molecular weight is 372 g/mol. The van der Waals surface area contributed by atoms with Crippen LogP contribution in [0.4, 0.5) is 10.1 Å². The Bertz CT molecular complexity index is 777. The number of likely N-dealkylation sites (tertiary alicyclic amines) is 1. The van der Waals surface area contributed by atoms with Crippen molar-refractivity contribution in [3.05, 3.63) is 41.7 Å². The van der Waals surface area contributed by atoms with Gasteiger partial charge in [0.1, 0.15) is 11.9 Å². The lowest BCUT2D eigenvalue weighted by molar-refractivity contribution is -0.147. The van der Waals surface area contributed by atoms with Crippen molar-refractivity contribution in [1.82, 2.24) is 4.90 Å². The highest BCUT2D eigenvalue weighted by molar-refractivity contribution is 6.10. The molecule has 1 aliphatic carbocycles. The van der Waals surface area contributed by atoms with E-state index in [1.165, 1.54) is 23.1 Å². The molecule has 3 rings (SSSR count). The van der Waals surface area contributed by atoms with Crippen LogP contribution in [0.25, 0.3) is 0 Å². The van der Waals surface area contributed by atoms with E-state index in [1.54, 1.807) is 6.92 Å². The van der Waals surface area contributed by atoms with Gasteiger partial charge >= 0.3 is 0 Å². The summed E-state index contributed by atoms with van der Waals surface area (Å²) < 4.78 is 13.3. The zero-order chi connectivity index (χ0) is 19.7. The quantitative estimate of drug-likeness (QED) is 0.636. The molecule has 1 aromatic carbocycles. The van der Waals surface area contributed by atoms with Crippen LogP contribution in [0.5, 0.6) is 0 Å². The predicted octanol–water partition coefficient (Wildman–Crippen LogP) is 3.44. The summed E-state index contributed by atoms with van der Waals surface area (Å²) in [6, 6.07) is 3.23. The number of hydrogen-bond acceptors (Lipinski definition) is 3. The van der Waals surface area contributed by atoms with E-state index in [-0.39, 0.29) is 35.4 Å². The highest BCUT2D eigenvalue weighted by atomic mass is 19.1. The maximum atomic E-state index is 13.3. The van der Waals surface area contributed by atoms with Gasteiger partial charge in [0.25, 0.3) is 0 Å². The van der Waals surface area contributed by atoms with Crippen LogP contribution in [0.1, 0.15) is 38.7 Å². The molecule has 0 spiro atoms. The van der Waals surface area contributed by atoms with E-state index in [2.05, 4.69) is 5.32 Å². The molecular formula is C21H25FN2O3. The number of carbonyl (C=O) groups excluding carboxylic acids is 3. The molecule has 0 bridgehead atoms. The van der Waals surface area contributed by atoms with E-state index >= 15 is 0 Å². The summed E-state index contributed by atoms with van der Waals surface area (Å²) in [4.78, 5) is 39.9. The number of aryl methyl sites for hydroxylation is 1. The zero-order valence-corrected chi connectivity index (χ0v) is 15.9. The molecule has 0 radical (unpaired) electrons. The third-order valence-corrected chi connectivity index (χ3v) is 5.30. The smallest absolute Gasteiger partial charge is 0.247 e. The van der Waals surface area contributed by atoms with Gasteiger partial charge in [0.05, 0.1) is 11.8 Å². The highest BCUT2D eigenvalue weighted by Crippen LogP contribution is 2.37. The van der Waals surface area contributed by atoms with Crippen molar-refractivity contribution >= 4 is 23.4 Å². The number of amides is 3. The standard InChI is InChI=1S/C21H25FN2O3/c1-12(2)10-18(19(25)23-17-9-8-14(22)11-13(17)3)24-20(26)15-6-4-5-7-16(15)21(24)27/h4-5,8-9,11-12,15-16,18H,6-7,10H2,1-3H3,(H,23,25). The van der Waals surface area contributed by atoms with Crippen LogP contribution < -0.4 is 5.32 Å². The number of hydrogen-bond donors (Lipinski definition) is 1. The Balaban J connectivity index is 1.86. The van der Waals surface area contributed by atoms with Crippen molar-refractivity contribution in [2.75, 3.05) is 5.32 Å². The van der Waals surface area contributed by atoms with Crippen molar-refractivity contribution < 1.29 is 18.8 Å². The summed E-state index contributed by atoms with van der Waals surface area (Å²) in [5.41, 5.74) is 1.07. The number of nitrogens with zero attached hydrogens (tertiary/aromatic N) is 1. The summed E-state index contributed by atoms with van der Waals surface area (Å²) in [6.45, 7) is 5.59. The fourth-order valence-electron chi connectivity index (χ4n) is 3.89. The van der Waals surface area contributed by atoms with Crippen molar-refractivity contribution in [3.8, 4) is 0 Å². The summed E-state index contributed by atoms with van der Waals surface area (Å²) in [5.74, 6) is -1.92. The first kappa shape index (κ1) is 19.3. The molecule has 1 aliphatic heterocycles. The topological polar surface area (TPSA) is 66.5 Å². The first-order chi connectivity index (χ1) is 12.8. The van der Waals surface area contributed by atoms with Crippen molar-refractivity contribution in [3.63, 3.8) is 0 Å². The van der Waals surface area contributed by atoms with E-state index in [4.69, 9.17) is 0 Å². The van der Waals surface area contributed by atoms with Crippen LogP contribution in [-0.4, -0.2) is 28.7 Å². The molecule has 2 aliphatic rings. The van der Waals surface area contributed by atoms with E-state index in [9.17, 15) is 18.8 Å². The minimum atomic E-state index is -0.861. The Kier molecular flexibility index (Phi) is 5.44. The zero-order valence-electron chi connectivity index (χ0n) is 15.9. The Hall–Kier alpha value is -2.50. The molecule has 1 N–H and O–H groups in total. The molecular weight excluding hydrogens is 347 g/mol.